The second-order valence-electron chi connectivity index (χ2n) is 16.6. The number of carbonyl (C=O) groups is 2. The van der Waals surface area contributed by atoms with Gasteiger partial charge < -0.3 is 14.2 Å². The van der Waals surface area contributed by atoms with E-state index in [2.05, 4.69) is 185 Å². The van der Waals surface area contributed by atoms with Gasteiger partial charge in [-0.25, -0.2) is 0 Å². The molecule has 5 heteroatoms. The monoisotopic (exact) mass is 933 g/mol. The molecule has 0 aromatic carbocycles. The van der Waals surface area contributed by atoms with Crippen LogP contribution >= 0.6 is 0 Å². The molecular weight excluding hydrogens is 837 g/mol. The molecule has 0 heterocycles. The van der Waals surface area contributed by atoms with Crippen molar-refractivity contribution >= 4 is 11.9 Å². The van der Waals surface area contributed by atoms with E-state index in [1.54, 1.807) is 0 Å². The number of unbranched alkanes of at least 4 members (excludes halogenated alkanes) is 7. The summed E-state index contributed by atoms with van der Waals surface area (Å²) < 4.78 is 17.3. The summed E-state index contributed by atoms with van der Waals surface area (Å²) in [5.74, 6) is -0.570. The van der Waals surface area contributed by atoms with Gasteiger partial charge in [0, 0.05) is 19.4 Å². The zero-order chi connectivity index (χ0) is 49.2. The molecule has 0 spiro atoms. The number of hydrogen-bond donors (Lipinski definition) is 0. The van der Waals surface area contributed by atoms with E-state index in [1.807, 2.05) is 6.08 Å². The number of carbonyl (C=O) groups excluding carboxylic acids is 2. The maximum absolute atomic E-state index is 12.8. The molecule has 0 aliphatic carbocycles. The summed E-state index contributed by atoms with van der Waals surface area (Å²) in [6, 6.07) is 0. The summed E-state index contributed by atoms with van der Waals surface area (Å²) in [6.45, 7) is 7.28. The molecule has 0 N–H and O–H groups in total. The zero-order valence-electron chi connectivity index (χ0n) is 43.3. The summed E-state index contributed by atoms with van der Waals surface area (Å²) in [5, 5.41) is 0. The Labute approximate surface area is 417 Å². The van der Waals surface area contributed by atoms with Crippen molar-refractivity contribution in [2.45, 2.75) is 194 Å². The third kappa shape index (κ3) is 53.9. The summed E-state index contributed by atoms with van der Waals surface area (Å²) >= 11 is 0. The first-order valence-electron chi connectivity index (χ1n) is 26.7. The Hall–Kier alpha value is -4.74. The number of ether oxygens (including phenoxy) is 3. The Bertz CT molecular complexity index is 1570. The lowest BCUT2D eigenvalue weighted by molar-refractivity contribution is -0.162. The molecule has 68 heavy (non-hydrogen) atoms. The molecule has 0 aliphatic heterocycles. The van der Waals surface area contributed by atoms with Gasteiger partial charge >= 0.3 is 11.9 Å². The van der Waals surface area contributed by atoms with Crippen LogP contribution in [0.15, 0.2) is 170 Å². The van der Waals surface area contributed by atoms with Crippen molar-refractivity contribution in [1.82, 2.24) is 0 Å². The lowest BCUT2D eigenvalue weighted by Crippen LogP contribution is -2.30. The van der Waals surface area contributed by atoms with Crippen LogP contribution in [0.5, 0.6) is 0 Å². The lowest BCUT2D eigenvalue weighted by atomic mass is 10.1. The standard InChI is InChI=1S/C63H96O5/c1-4-7-10-13-16-19-22-25-28-30-32-33-36-38-41-44-47-50-53-56-62(64)67-60-61(68-63(65)57-54-51-48-45-42-39-35-27-24-21-18-15-12-9-6-3)59-66-58-55-52-49-46-43-40-37-34-31-29-26-23-20-17-14-11-8-5-2/h7-12,16-21,25-29,32-35,37-38,41-42,45,47,50,61H,4-6,13-15,22-24,30-31,36,39-40,43-44,46,48-49,51-60H2,1-3H3/b10-7-,11-8-,12-9-,19-16-,20-17-,21-18-,28-25-,29-26-,33-32-,35-27-,37-34-,41-38-,45-42-,50-47-. The molecule has 0 rings (SSSR count). The molecule has 5 nitrogen and oxygen atoms in total. The van der Waals surface area contributed by atoms with Gasteiger partial charge in [0.05, 0.1) is 6.61 Å². The van der Waals surface area contributed by atoms with Gasteiger partial charge in [-0.3, -0.25) is 9.59 Å². The molecule has 0 aliphatic rings. The Morgan fingerprint density at radius 3 is 1.04 bits per heavy atom. The third-order valence-electron chi connectivity index (χ3n) is 10.2. The number of esters is 2. The number of hydrogen-bond acceptors (Lipinski definition) is 5. The maximum atomic E-state index is 12.8. The quantitative estimate of drug-likeness (QED) is 0.0346. The van der Waals surface area contributed by atoms with Crippen molar-refractivity contribution in [3.05, 3.63) is 170 Å². The van der Waals surface area contributed by atoms with Crippen LogP contribution in [0.4, 0.5) is 0 Å². The van der Waals surface area contributed by atoms with Gasteiger partial charge in [0.2, 0.25) is 0 Å². The van der Waals surface area contributed by atoms with Crippen LogP contribution in [0.25, 0.3) is 0 Å². The largest absolute Gasteiger partial charge is 0.462 e. The fraction of sp³-hybridized carbons (Fsp3) is 0.524. The molecule has 1 unspecified atom stereocenters. The first-order valence-corrected chi connectivity index (χ1v) is 26.7. The summed E-state index contributed by atoms with van der Waals surface area (Å²) in [6.07, 6.45) is 85.2. The minimum Gasteiger partial charge on any atom is -0.462 e. The van der Waals surface area contributed by atoms with Crippen molar-refractivity contribution in [3.8, 4) is 0 Å². The highest BCUT2D eigenvalue weighted by Crippen LogP contribution is 2.10. The summed E-state index contributed by atoms with van der Waals surface area (Å²) in [5.41, 5.74) is 0. The molecule has 0 saturated heterocycles. The summed E-state index contributed by atoms with van der Waals surface area (Å²) in [7, 11) is 0. The van der Waals surface area contributed by atoms with Gasteiger partial charge in [0.25, 0.3) is 0 Å². The molecule has 1 atom stereocenters. The molecule has 0 aromatic heterocycles. The van der Waals surface area contributed by atoms with Gasteiger partial charge in [-0.15, -0.1) is 0 Å². The van der Waals surface area contributed by atoms with Crippen LogP contribution in [-0.2, 0) is 23.8 Å². The maximum Gasteiger partial charge on any atom is 0.306 e. The van der Waals surface area contributed by atoms with E-state index >= 15 is 0 Å². The number of rotatable bonds is 46. The van der Waals surface area contributed by atoms with Crippen LogP contribution in [-0.4, -0.2) is 37.9 Å². The highest BCUT2D eigenvalue weighted by molar-refractivity contribution is 5.70. The second-order valence-corrected chi connectivity index (χ2v) is 16.6. The first-order chi connectivity index (χ1) is 33.6. The molecule has 0 fully saturated rings. The van der Waals surface area contributed by atoms with Gasteiger partial charge in [-0.2, -0.15) is 0 Å². The molecule has 378 valence electrons. The second kappa shape index (κ2) is 56.6. The topological polar surface area (TPSA) is 61.8 Å². The minimum absolute atomic E-state index is 0.00751. The van der Waals surface area contributed by atoms with E-state index in [9.17, 15) is 9.59 Å². The fourth-order valence-electron chi connectivity index (χ4n) is 6.40. The zero-order valence-corrected chi connectivity index (χ0v) is 43.3. The van der Waals surface area contributed by atoms with E-state index in [-0.39, 0.29) is 31.6 Å². The smallest absolute Gasteiger partial charge is 0.306 e. The Morgan fingerprint density at radius 2 is 0.647 bits per heavy atom. The van der Waals surface area contributed by atoms with E-state index in [1.165, 1.54) is 19.3 Å². The van der Waals surface area contributed by atoms with Crippen LogP contribution in [0, 0.1) is 0 Å². The third-order valence-corrected chi connectivity index (χ3v) is 10.2. The highest BCUT2D eigenvalue weighted by atomic mass is 16.6. The Kier molecular flexibility index (Phi) is 52.6. The average molecular weight is 933 g/mol. The van der Waals surface area contributed by atoms with Crippen molar-refractivity contribution in [2.75, 3.05) is 19.8 Å². The van der Waals surface area contributed by atoms with Gasteiger partial charge in [-0.05, 0) is 135 Å². The molecular formula is C63H96O5. The van der Waals surface area contributed by atoms with E-state index in [0.29, 0.717) is 19.4 Å². The van der Waals surface area contributed by atoms with Crippen LogP contribution < -0.4 is 0 Å². The predicted octanol–water partition coefficient (Wildman–Crippen LogP) is 18.4. The SMILES string of the molecule is CC/C=C\C/C=C\C/C=C\C/C=C\C/C=C\C/C=C\CCC(=O)OCC(COCCCCCCC/C=C\C/C=C\C/C=C\C/C=C\CC)OC(=O)CCCC/C=C\C/C=C\C/C=C\C/C=C\CC. The number of allylic oxidation sites excluding steroid dienone is 28. The van der Waals surface area contributed by atoms with Gasteiger partial charge in [0.15, 0.2) is 6.10 Å². The molecule has 0 aromatic rings. The average Bonchev–Trinajstić information content (AvgIpc) is 3.34. The van der Waals surface area contributed by atoms with Crippen molar-refractivity contribution in [2.24, 2.45) is 0 Å². The molecule has 0 amide bonds. The van der Waals surface area contributed by atoms with Crippen LogP contribution in [0.1, 0.15) is 188 Å². The van der Waals surface area contributed by atoms with E-state index in [0.717, 1.165) is 128 Å². The Morgan fingerprint density at radius 1 is 0.324 bits per heavy atom. The van der Waals surface area contributed by atoms with Gasteiger partial charge in [0.1, 0.15) is 6.61 Å². The molecule has 0 radical (unpaired) electrons. The van der Waals surface area contributed by atoms with Crippen LogP contribution in [0.2, 0.25) is 0 Å². The first kappa shape index (κ1) is 63.3. The fourth-order valence-corrected chi connectivity index (χ4v) is 6.40. The summed E-state index contributed by atoms with van der Waals surface area (Å²) in [4.78, 5) is 25.4. The Balaban J connectivity index is 4.54. The highest BCUT2D eigenvalue weighted by Gasteiger charge is 2.17. The van der Waals surface area contributed by atoms with Crippen molar-refractivity contribution in [3.63, 3.8) is 0 Å². The molecule has 0 saturated carbocycles. The predicted molar refractivity (Wildman–Crippen MR) is 297 cm³/mol. The lowest BCUT2D eigenvalue weighted by Gasteiger charge is -2.18. The van der Waals surface area contributed by atoms with Gasteiger partial charge in [-0.1, -0.05) is 210 Å². The van der Waals surface area contributed by atoms with Crippen molar-refractivity contribution < 1.29 is 23.8 Å². The van der Waals surface area contributed by atoms with Crippen molar-refractivity contribution in [1.29, 1.82) is 0 Å². The molecule has 0 bridgehead atoms. The van der Waals surface area contributed by atoms with E-state index < -0.39 is 6.10 Å². The normalized spacial score (nSPS) is 13.6. The van der Waals surface area contributed by atoms with Crippen LogP contribution in [0.3, 0.4) is 0 Å². The van der Waals surface area contributed by atoms with E-state index in [4.69, 9.17) is 14.2 Å². The minimum atomic E-state index is -0.613.